The van der Waals surface area contributed by atoms with Crippen LogP contribution in [0.25, 0.3) is 38.8 Å². The molecule has 9 heteroatoms. The highest BCUT2D eigenvalue weighted by molar-refractivity contribution is 6.07. The van der Waals surface area contributed by atoms with E-state index in [1.165, 1.54) is 6.92 Å². The number of rotatable bonds is 4. The molecule has 0 radical (unpaired) electrons. The highest BCUT2D eigenvalue weighted by Crippen LogP contribution is 2.44. The summed E-state index contributed by atoms with van der Waals surface area (Å²) in [6.45, 7) is 1.40. The van der Waals surface area contributed by atoms with Gasteiger partial charge in [0.05, 0.1) is 22.2 Å². The SMILES string of the molecule is Cc1cc(F)c(C(c2cc(F)c(-c3c4ccccc4n4c3oc3ccccc34)c(F)c2)c2c(F)cc(F)cc2F)c(F)c1. The molecule has 0 saturated carbocycles. The number of halogens is 7. The van der Waals surface area contributed by atoms with Crippen LogP contribution in [0.3, 0.4) is 0 Å². The molecule has 0 aliphatic carbocycles. The van der Waals surface area contributed by atoms with Gasteiger partial charge in [0, 0.05) is 34.6 Å². The van der Waals surface area contributed by atoms with E-state index in [9.17, 15) is 4.39 Å². The van der Waals surface area contributed by atoms with Gasteiger partial charge in [0.15, 0.2) is 5.58 Å². The van der Waals surface area contributed by atoms with Gasteiger partial charge < -0.3 is 4.42 Å². The minimum absolute atomic E-state index is 0.0803. The first-order valence-corrected chi connectivity index (χ1v) is 13.1. The van der Waals surface area contributed by atoms with E-state index in [1.54, 1.807) is 52.9 Å². The summed E-state index contributed by atoms with van der Waals surface area (Å²) < 4.78 is 115. The predicted octanol–water partition coefficient (Wildman–Crippen LogP) is 9.97. The van der Waals surface area contributed by atoms with E-state index in [-0.39, 0.29) is 16.8 Å². The number of fused-ring (bicyclic) bond motifs is 5. The average molecular weight is 590 g/mol. The van der Waals surface area contributed by atoms with E-state index in [1.807, 2.05) is 0 Å². The molecule has 0 N–H and O–H groups in total. The molecular weight excluding hydrogens is 571 g/mol. The Labute approximate surface area is 239 Å². The Morgan fingerprint density at radius 2 is 1.12 bits per heavy atom. The van der Waals surface area contributed by atoms with E-state index in [0.717, 1.165) is 24.3 Å². The second kappa shape index (κ2) is 9.76. The summed E-state index contributed by atoms with van der Waals surface area (Å²) in [5.74, 6) is -11.0. The van der Waals surface area contributed by atoms with Gasteiger partial charge in [0.25, 0.3) is 0 Å². The van der Waals surface area contributed by atoms with Crippen LogP contribution in [0.5, 0.6) is 0 Å². The Kier molecular flexibility index (Phi) is 6.09. The minimum Gasteiger partial charge on any atom is -0.438 e. The van der Waals surface area contributed by atoms with Crippen molar-refractivity contribution in [2.24, 2.45) is 0 Å². The van der Waals surface area contributed by atoms with Gasteiger partial charge in [-0.25, -0.2) is 30.7 Å². The Balaban J connectivity index is 1.52. The van der Waals surface area contributed by atoms with E-state index in [0.29, 0.717) is 34.1 Å². The van der Waals surface area contributed by atoms with Crippen LogP contribution in [0.15, 0.2) is 89.3 Å². The average Bonchev–Trinajstić information content (AvgIpc) is 3.46. The van der Waals surface area contributed by atoms with Crippen molar-refractivity contribution in [2.75, 3.05) is 0 Å². The van der Waals surface area contributed by atoms with E-state index in [4.69, 9.17) is 4.42 Å². The van der Waals surface area contributed by atoms with Gasteiger partial charge in [-0.1, -0.05) is 30.3 Å². The van der Waals surface area contributed by atoms with Crippen molar-refractivity contribution in [1.29, 1.82) is 0 Å². The third-order valence-electron chi connectivity index (χ3n) is 7.64. The van der Waals surface area contributed by atoms with Gasteiger partial charge >= 0.3 is 0 Å². The van der Waals surface area contributed by atoms with Gasteiger partial charge in [0.2, 0.25) is 5.71 Å². The van der Waals surface area contributed by atoms with Crippen molar-refractivity contribution in [3.05, 3.63) is 148 Å². The van der Waals surface area contributed by atoms with Gasteiger partial charge in [-0.2, -0.15) is 0 Å². The Bertz CT molecular complexity index is 2120. The summed E-state index contributed by atoms with van der Waals surface area (Å²) in [5, 5.41) is 0.459. The van der Waals surface area contributed by atoms with Gasteiger partial charge in [-0.3, -0.25) is 4.40 Å². The Morgan fingerprint density at radius 3 is 1.74 bits per heavy atom. The zero-order valence-corrected chi connectivity index (χ0v) is 22.2. The standard InChI is InChI=1S/C34H18F7NO/c1-16-10-20(36)31(21(37)11-16)29(32-24(40)14-18(35)15-25(32)41)17-12-22(38)33(23(39)13-17)30-19-6-2-3-7-26(19)42-27-8-4-5-9-28(27)43-34(30)42/h2-15,29H,1H3. The first-order valence-electron chi connectivity index (χ1n) is 13.1. The van der Waals surface area contributed by atoms with Crippen molar-refractivity contribution in [2.45, 2.75) is 12.8 Å². The number of nitrogens with zero attached hydrogens (tertiary/aromatic N) is 1. The molecule has 43 heavy (non-hydrogen) atoms. The lowest BCUT2D eigenvalue weighted by atomic mass is 9.82. The monoisotopic (exact) mass is 589 g/mol. The summed E-state index contributed by atoms with van der Waals surface area (Å²) in [5.41, 5.74) is -0.691. The molecule has 0 aliphatic rings. The Morgan fingerprint density at radius 1 is 0.581 bits per heavy atom. The lowest BCUT2D eigenvalue weighted by Gasteiger charge is -2.22. The zero-order chi connectivity index (χ0) is 30.2. The van der Waals surface area contributed by atoms with Crippen LogP contribution in [0, 0.1) is 47.6 Å². The van der Waals surface area contributed by atoms with Crippen molar-refractivity contribution in [1.82, 2.24) is 4.40 Å². The van der Waals surface area contributed by atoms with E-state index < -0.39 is 68.9 Å². The first kappa shape index (κ1) is 26.8. The van der Waals surface area contributed by atoms with Crippen molar-refractivity contribution in [3.8, 4) is 11.1 Å². The number of aromatic nitrogens is 1. The number of aryl methyl sites for hydroxylation is 1. The molecule has 2 heterocycles. The normalized spacial score (nSPS) is 12.6. The molecule has 7 rings (SSSR count). The third-order valence-corrected chi connectivity index (χ3v) is 7.64. The molecule has 1 atom stereocenters. The molecule has 5 aromatic carbocycles. The van der Waals surface area contributed by atoms with Crippen molar-refractivity contribution < 1.29 is 35.2 Å². The second-order valence-corrected chi connectivity index (χ2v) is 10.3. The molecule has 0 bridgehead atoms. The Hall–Kier alpha value is -5.05. The molecule has 0 spiro atoms. The summed E-state index contributed by atoms with van der Waals surface area (Å²) in [4.78, 5) is 0. The lowest BCUT2D eigenvalue weighted by Crippen LogP contribution is -2.14. The first-order chi connectivity index (χ1) is 20.6. The predicted molar refractivity (Wildman–Crippen MR) is 148 cm³/mol. The third kappa shape index (κ3) is 4.10. The number of hydrogen-bond donors (Lipinski definition) is 0. The van der Waals surface area contributed by atoms with Crippen LogP contribution in [-0.2, 0) is 0 Å². The lowest BCUT2D eigenvalue weighted by molar-refractivity contribution is 0.504. The molecular formula is C34H18F7NO. The maximum Gasteiger partial charge on any atom is 0.214 e. The molecule has 0 amide bonds. The van der Waals surface area contributed by atoms with Crippen LogP contribution in [0.2, 0.25) is 0 Å². The molecule has 214 valence electrons. The summed E-state index contributed by atoms with van der Waals surface area (Å²) >= 11 is 0. The maximum absolute atomic E-state index is 16.2. The molecule has 7 aromatic rings. The molecule has 0 saturated heterocycles. The van der Waals surface area contributed by atoms with Crippen LogP contribution in [-0.4, -0.2) is 4.40 Å². The molecule has 1 unspecified atom stereocenters. The van der Waals surface area contributed by atoms with Crippen LogP contribution in [0.4, 0.5) is 30.7 Å². The smallest absolute Gasteiger partial charge is 0.214 e. The fourth-order valence-corrected chi connectivity index (χ4v) is 5.92. The van der Waals surface area contributed by atoms with E-state index in [2.05, 4.69) is 0 Å². The number of para-hydroxylation sites is 3. The summed E-state index contributed by atoms with van der Waals surface area (Å²) in [7, 11) is 0. The van der Waals surface area contributed by atoms with Gasteiger partial charge in [-0.15, -0.1) is 0 Å². The molecule has 0 aliphatic heterocycles. The maximum atomic E-state index is 16.2. The molecule has 0 fully saturated rings. The largest absolute Gasteiger partial charge is 0.438 e. The highest BCUT2D eigenvalue weighted by atomic mass is 19.2. The van der Waals surface area contributed by atoms with Gasteiger partial charge in [-0.05, 0) is 60.5 Å². The molecule has 2 nitrogen and oxygen atoms in total. The highest BCUT2D eigenvalue weighted by Gasteiger charge is 2.33. The minimum atomic E-state index is -2.00. The quantitative estimate of drug-likeness (QED) is 0.148. The summed E-state index contributed by atoms with van der Waals surface area (Å²) in [6.07, 6.45) is 0. The topological polar surface area (TPSA) is 17.6 Å². The number of benzene rings is 5. The second-order valence-electron chi connectivity index (χ2n) is 10.3. The number of oxazole rings is 1. The van der Waals surface area contributed by atoms with E-state index >= 15 is 26.3 Å². The zero-order valence-electron chi connectivity index (χ0n) is 22.2. The number of hydrogen-bond acceptors (Lipinski definition) is 1. The van der Waals surface area contributed by atoms with Crippen LogP contribution < -0.4 is 0 Å². The van der Waals surface area contributed by atoms with Crippen LogP contribution >= 0.6 is 0 Å². The van der Waals surface area contributed by atoms with Crippen LogP contribution in [0.1, 0.15) is 28.2 Å². The van der Waals surface area contributed by atoms with Crippen molar-refractivity contribution >= 4 is 27.7 Å². The fourth-order valence-electron chi connectivity index (χ4n) is 5.92. The summed E-state index contributed by atoms with van der Waals surface area (Å²) in [6, 6.07) is 18.0. The molecule has 2 aromatic heterocycles. The van der Waals surface area contributed by atoms with Crippen molar-refractivity contribution in [3.63, 3.8) is 0 Å². The fraction of sp³-hybridized carbons (Fsp3) is 0.0588. The van der Waals surface area contributed by atoms with Gasteiger partial charge in [0.1, 0.15) is 40.7 Å².